The molecule has 0 saturated carbocycles. The largest absolute Gasteiger partial charge is 0.488 e. The summed E-state index contributed by atoms with van der Waals surface area (Å²) in [5, 5.41) is 18.0. The molecule has 5 heteroatoms. The maximum absolute atomic E-state index is 11.2. The Bertz CT molecular complexity index is 733. The number of hydrogen-bond donors (Lipinski definition) is 2. The zero-order valence-corrected chi connectivity index (χ0v) is 11.5. The highest BCUT2D eigenvalue weighted by Crippen LogP contribution is 2.23. The Hall–Kier alpha value is -3.00. The van der Waals surface area contributed by atoms with E-state index in [1.165, 1.54) is 12.1 Å². The summed E-state index contributed by atoms with van der Waals surface area (Å²) in [6.45, 7) is 2.10. The average Bonchev–Trinajstić information content (AvgIpc) is 2.46. The van der Waals surface area contributed by atoms with Gasteiger partial charge in [0, 0.05) is 5.69 Å². The Morgan fingerprint density at radius 3 is 2.71 bits per heavy atom. The molecule has 0 saturated heterocycles. The monoisotopic (exact) mass is 282 g/mol. The Morgan fingerprint density at radius 1 is 1.33 bits per heavy atom. The van der Waals surface area contributed by atoms with Gasteiger partial charge in [-0.05, 0) is 48.4 Å². The average molecular weight is 282 g/mol. The quantitative estimate of drug-likeness (QED) is 0.840. The SMILES string of the molecule is Cc1cc(C#N)ccc1COc1ccc(N)cc1C(=O)O. The molecule has 21 heavy (non-hydrogen) atoms. The number of nitrogen functional groups attached to an aromatic ring is 1. The summed E-state index contributed by atoms with van der Waals surface area (Å²) in [4.78, 5) is 11.2. The van der Waals surface area contributed by atoms with E-state index in [9.17, 15) is 4.79 Å². The molecule has 2 aromatic rings. The number of carbonyl (C=O) groups is 1. The third-order valence-electron chi connectivity index (χ3n) is 3.09. The van der Waals surface area contributed by atoms with Crippen molar-refractivity contribution < 1.29 is 14.6 Å². The number of aryl methyl sites for hydroxylation is 1. The van der Waals surface area contributed by atoms with E-state index in [0.29, 0.717) is 11.3 Å². The van der Waals surface area contributed by atoms with Crippen molar-refractivity contribution in [2.75, 3.05) is 5.73 Å². The second kappa shape index (κ2) is 5.97. The molecule has 0 aliphatic rings. The lowest BCUT2D eigenvalue weighted by Crippen LogP contribution is -2.05. The Labute approximate surface area is 122 Å². The molecule has 0 amide bonds. The molecule has 0 atom stereocenters. The molecule has 0 radical (unpaired) electrons. The summed E-state index contributed by atoms with van der Waals surface area (Å²) in [5.41, 5.74) is 8.37. The molecule has 0 heterocycles. The van der Waals surface area contributed by atoms with E-state index in [1.54, 1.807) is 24.3 Å². The lowest BCUT2D eigenvalue weighted by atomic mass is 10.1. The predicted molar refractivity (Wildman–Crippen MR) is 78.0 cm³/mol. The van der Waals surface area contributed by atoms with E-state index < -0.39 is 5.97 Å². The van der Waals surface area contributed by atoms with E-state index >= 15 is 0 Å². The molecule has 106 valence electrons. The number of benzene rings is 2. The normalized spacial score (nSPS) is 9.90. The molecule has 0 aliphatic heterocycles. The van der Waals surface area contributed by atoms with Crippen LogP contribution in [0.1, 0.15) is 27.0 Å². The van der Waals surface area contributed by atoms with Gasteiger partial charge in [0.05, 0.1) is 11.6 Å². The van der Waals surface area contributed by atoms with Crippen molar-refractivity contribution in [3.63, 3.8) is 0 Å². The van der Waals surface area contributed by atoms with Crippen LogP contribution in [-0.2, 0) is 6.61 Å². The van der Waals surface area contributed by atoms with Gasteiger partial charge in [0.2, 0.25) is 0 Å². The number of carboxylic acid groups (broad SMARTS) is 1. The first-order chi connectivity index (χ1) is 10.0. The van der Waals surface area contributed by atoms with Gasteiger partial charge in [-0.1, -0.05) is 6.07 Å². The fourth-order valence-electron chi connectivity index (χ4n) is 1.92. The standard InChI is InChI=1S/C16H14N2O3/c1-10-6-11(8-17)2-3-12(10)9-21-15-5-4-13(18)7-14(15)16(19)20/h2-7H,9,18H2,1H3,(H,19,20). The number of nitrogens with zero attached hydrogens (tertiary/aromatic N) is 1. The van der Waals surface area contributed by atoms with Crippen molar-refractivity contribution in [1.82, 2.24) is 0 Å². The minimum Gasteiger partial charge on any atom is -0.488 e. The fraction of sp³-hybridized carbons (Fsp3) is 0.125. The number of nitriles is 1. The van der Waals surface area contributed by atoms with E-state index in [1.807, 2.05) is 6.92 Å². The number of rotatable bonds is 4. The molecule has 5 nitrogen and oxygen atoms in total. The van der Waals surface area contributed by atoms with Crippen LogP contribution in [0.25, 0.3) is 0 Å². The van der Waals surface area contributed by atoms with Gasteiger partial charge >= 0.3 is 5.97 Å². The highest BCUT2D eigenvalue weighted by molar-refractivity contribution is 5.92. The second-order valence-electron chi connectivity index (χ2n) is 4.60. The maximum Gasteiger partial charge on any atom is 0.339 e. The van der Waals surface area contributed by atoms with Crippen molar-refractivity contribution in [3.8, 4) is 11.8 Å². The highest BCUT2D eigenvalue weighted by atomic mass is 16.5. The van der Waals surface area contributed by atoms with Gasteiger partial charge < -0.3 is 15.6 Å². The minimum atomic E-state index is -1.09. The molecule has 0 unspecified atom stereocenters. The molecule has 2 rings (SSSR count). The summed E-state index contributed by atoms with van der Waals surface area (Å²) in [5.74, 6) is -0.825. The molecule has 0 fully saturated rings. The van der Waals surface area contributed by atoms with Crippen LogP contribution in [0, 0.1) is 18.3 Å². The van der Waals surface area contributed by atoms with Crippen molar-refractivity contribution >= 4 is 11.7 Å². The molecular formula is C16H14N2O3. The van der Waals surface area contributed by atoms with Crippen LogP contribution in [0.5, 0.6) is 5.75 Å². The number of nitrogens with two attached hydrogens (primary N) is 1. The summed E-state index contributed by atoms with van der Waals surface area (Å²) in [6, 6.07) is 11.8. The van der Waals surface area contributed by atoms with Crippen LogP contribution in [0.4, 0.5) is 5.69 Å². The van der Waals surface area contributed by atoms with Gasteiger partial charge in [-0.15, -0.1) is 0 Å². The number of aromatic carboxylic acids is 1. The van der Waals surface area contributed by atoms with Gasteiger partial charge in [0.1, 0.15) is 17.9 Å². The second-order valence-corrected chi connectivity index (χ2v) is 4.60. The lowest BCUT2D eigenvalue weighted by molar-refractivity contribution is 0.0692. The predicted octanol–water partition coefficient (Wildman–Crippen LogP) is 2.73. The van der Waals surface area contributed by atoms with Gasteiger partial charge in [-0.3, -0.25) is 0 Å². The topological polar surface area (TPSA) is 96.3 Å². The Kier molecular flexibility index (Phi) is 4.10. The zero-order valence-electron chi connectivity index (χ0n) is 11.5. The van der Waals surface area contributed by atoms with Gasteiger partial charge in [0.25, 0.3) is 0 Å². The first-order valence-electron chi connectivity index (χ1n) is 6.26. The van der Waals surface area contributed by atoms with Crippen LogP contribution in [0.2, 0.25) is 0 Å². The van der Waals surface area contributed by atoms with Crippen molar-refractivity contribution in [2.24, 2.45) is 0 Å². The van der Waals surface area contributed by atoms with Crippen LogP contribution in [0.3, 0.4) is 0 Å². The van der Waals surface area contributed by atoms with E-state index in [4.69, 9.17) is 20.8 Å². The third kappa shape index (κ3) is 3.31. The smallest absolute Gasteiger partial charge is 0.339 e. The maximum atomic E-state index is 11.2. The van der Waals surface area contributed by atoms with Crippen molar-refractivity contribution in [1.29, 1.82) is 5.26 Å². The van der Waals surface area contributed by atoms with Gasteiger partial charge in [-0.2, -0.15) is 5.26 Å². The minimum absolute atomic E-state index is 0.0290. The highest BCUT2D eigenvalue weighted by Gasteiger charge is 2.12. The fourth-order valence-corrected chi connectivity index (χ4v) is 1.92. The first kappa shape index (κ1) is 14.4. The molecule has 0 aromatic heterocycles. The Balaban J connectivity index is 2.21. The summed E-state index contributed by atoms with van der Waals surface area (Å²) < 4.78 is 5.57. The van der Waals surface area contributed by atoms with Crippen molar-refractivity contribution in [3.05, 3.63) is 58.7 Å². The molecule has 0 bridgehead atoms. The number of carboxylic acids is 1. The van der Waals surface area contributed by atoms with Crippen LogP contribution < -0.4 is 10.5 Å². The van der Waals surface area contributed by atoms with E-state index in [2.05, 4.69) is 6.07 Å². The summed E-state index contributed by atoms with van der Waals surface area (Å²) in [7, 11) is 0. The van der Waals surface area contributed by atoms with Crippen LogP contribution >= 0.6 is 0 Å². The number of hydrogen-bond acceptors (Lipinski definition) is 4. The molecule has 2 aromatic carbocycles. The lowest BCUT2D eigenvalue weighted by Gasteiger charge is -2.11. The van der Waals surface area contributed by atoms with Crippen molar-refractivity contribution in [2.45, 2.75) is 13.5 Å². The van der Waals surface area contributed by atoms with Gasteiger partial charge in [0.15, 0.2) is 0 Å². The van der Waals surface area contributed by atoms with Crippen LogP contribution in [-0.4, -0.2) is 11.1 Å². The first-order valence-corrected chi connectivity index (χ1v) is 6.26. The van der Waals surface area contributed by atoms with E-state index in [-0.39, 0.29) is 17.9 Å². The summed E-state index contributed by atoms with van der Waals surface area (Å²) in [6.07, 6.45) is 0. The number of anilines is 1. The molecule has 0 aliphatic carbocycles. The zero-order chi connectivity index (χ0) is 15.4. The van der Waals surface area contributed by atoms with E-state index in [0.717, 1.165) is 11.1 Å². The molecular weight excluding hydrogens is 268 g/mol. The van der Waals surface area contributed by atoms with Gasteiger partial charge in [-0.25, -0.2) is 4.79 Å². The van der Waals surface area contributed by atoms with Crippen LogP contribution in [0.15, 0.2) is 36.4 Å². The number of ether oxygens (including phenoxy) is 1. The summed E-state index contributed by atoms with van der Waals surface area (Å²) >= 11 is 0. The Morgan fingerprint density at radius 2 is 2.10 bits per heavy atom. The molecule has 3 N–H and O–H groups in total. The third-order valence-corrected chi connectivity index (χ3v) is 3.09. The molecule has 0 spiro atoms.